The van der Waals surface area contributed by atoms with Crippen LogP contribution < -0.4 is 4.90 Å². The second-order valence-corrected chi connectivity index (χ2v) is 5.07. The third-order valence-corrected chi connectivity index (χ3v) is 3.19. The van der Waals surface area contributed by atoms with Gasteiger partial charge in [-0.2, -0.15) is 15.0 Å². The molecule has 0 unspecified atom stereocenters. The zero-order valence-electron chi connectivity index (χ0n) is 12.7. The van der Waals surface area contributed by atoms with E-state index in [1.165, 1.54) is 17.1 Å². The maximum atomic E-state index is 11.9. The maximum absolute atomic E-state index is 11.9. The molecule has 0 spiro atoms. The van der Waals surface area contributed by atoms with Gasteiger partial charge in [-0.1, -0.05) is 0 Å². The van der Waals surface area contributed by atoms with E-state index in [9.17, 15) is 4.79 Å². The number of pyridine rings is 1. The number of ketones is 1. The average Bonchev–Trinajstić information content (AvgIpc) is 2.91. The molecule has 21 heavy (non-hydrogen) atoms. The molecule has 0 N–H and O–H groups in total. The second kappa shape index (κ2) is 6.30. The summed E-state index contributed by atoms with van der Waals surface area (Å²) in [4.78, 5) is 19.7. The topological polar surface area (TPSA) is 63.9 Å². The van der Waals surface area contributed by atoms with Crippen molar-refractivity contribution in [1.82, 2.24) is 20.0 Å². The molecule has 0 saturated heterocycles. The summed E-state index contributed by atoms with van der Waals surface area (Å²) < 4.78 is 0. The lowest BCUT2D eigenvalue weighted by Gasteiger charge is -2.22. The molecule has 0 fully saturated rings. The molecule has 110 valence electrons. The lowest BCUT2D eigenvalue weighted by atomic mass is 10.2. The lowest BCUT2D eigenvalue weighted by Crippen LogP contribution is -2.26. The SMILES string of the molecule is CC(C)N(C)c1ccc(C=CC(=O)c2cnn(C)n2)cn1. The summed E-state index contributed by atoms with van der Waals surface area (Å²) in [6.07, 6.45) is 6.40. The van der Waals surface area contributed by atoms with Gasteiger partial charge in [-0.05, 0) is 43.7 Å². The Hall–Kier alpha value is -2.50. The number of aryl methyl sites for hydroxylation is 1. The number of carbonyl (C=O) groups is 1. The highest BCUT2D eigenvalue weighted by Crippen LogP contribution is 2.13. The van der Waals surface area contributed by atoms with Gasteiger partial charge >= 0.3 is 0 Å². The molecule has 0 aliphatic rings. The molecular weight excluding hydrogens is 266 g/mol. The van der Waals surface area contributed by atoms with E-state index in [1.54, 1.807) is 19.3 Å². The van der Waals surface area contributed by atoms with E-state index in [4.69, 9.17) is 0 Å². The van der Waals surface area contributed by atoms with Crippen molar-refractivity contribution >= 4 is 17.7 Å². The van der Waals surface area contributed by atoms with Crippen molar-refractivity contribution in [3.63, 3.8) is 0 Å². The normalized spacial score (nSPS) is 11.3. The molecule has 6 heteroatoms. The van der Waals surface area contributed by atoms with Gasteiger partial charge in [0.1, 0.15) is 5.82 Å². The van der Waals surface area contributed by atoms with Gasteiger partial charge in [0.25, 0.3) is 0 Å². The number of rotatable bonds is 5. The molecule has 2 aromatic rings. The molecule has 2 rings (SSSR count). The Morgan fingerprint density at radius 1 is 1.33 bits per heavy atom. The van der Waals surface area contributed by atoms with Crippen molar-refractivity contribution in [3.05, 3.63) is 41.9 Å². The van der Waals surface area contributed by atoms with Gasteiger partial charge in [0.05, 0.1) is 6.20 Å². The smallest absolute Gasteiger partial charge is 0.207 e. The van der Waals surface area contributed by atoms with Gasteiger partial charge in [-0.25, -0.2) is 4.98 Å². The summed E-state index contributed by atoms with van der Waals surface area (Å²) in [5.41, 5.74) is 1.20. The predicted octanol–water partition coefficient (Wildman–Crippen LogP) is 1.95. The first-order valence-electron chi connectivity index (χ1n) is 6.75. The number of nitrogens with zero attached hydrogens (tertiary/aromatic N) is 5. The molecule has 0 aromatic carbocycles. The van der Waals surface area contributed by atoms with Crippen LogP contribution in [0.15, 0.2) is 30.6 Å². The zero-order valence-corrected chi connectivity index (χ0v) is 12.7. The van der Waals surface area contributed by atoms with E-state index in [1.807, 2.05) is 19.2 Å². The fourth-order valence-corrected chi connectivity index (χ4v) is 1.69. The van der Waals surface area contributed by atoms with E-state index in [2.05, 4.69) is 33.9 Å². The molecule has 0 aliphatic heterocycles. The standard InChI is InChI=1S/C15H19N5O/c1-11(2)19(3)15-8-6-12(9-16-15)5-7-14(21)13-10-17-20(4)18-13/h5-11H,1-4H3. The molecule has 0 aliphatic carbocycles. The Morgan fingerprint density at radius 2 is 2.10 bits per heavy atom. The number of anilines is 1. The van der Waals surface area contributed by atoms with Gasteiger partial charge in [-0.3, -0.25) is 4.79 Å². The first-order valence-corrected chi connectivity index (χ1v) is 6.75. The van der Waals surface area contributed by atoms with Gasteiger partial charge in [0.2, 0.25) is 5.78 Å². The number of hydrogen-bond donors (Lipinski definition) is 0. The molecule has 2 heterocycles. The minimum absolute atomic E-state index is 0.175. The van der Waals surface area contributed by atoms with Crippen LogP contribution in [-0.4, -0.2) is 38.9 Å². The lowest BCUT2D eigenvalue weighted by molar-refractivity contribution is 0.104. The van der Waals surface area contributed by atoms with E-state index < -0.39 is 0 Å². The molecule has 6 nitrogen and oxygen atoms in total. The summed E-state index contributed by atoms with van der Waals surface area (Å²) >= 11 is 0. The Balaban J connectivity index is 2.06. The van der Waals surface area contributed by atoms with Crippen LogP contribution in [0, 0.1) is 0 Å². The van der Waals surface area contributed by atoms with E-state index in [0.717, 1.165) is 11.4 Å². The van der Waals surface area contributed by atoms with Crippen LogP contribution in [0.4, 0.5) is 5.82 Å². The summed E-state index contributed by atoms with van der Waals surface area (Å²) in [5, 5.41) is 7.84. The fourth-order valence-electron chi connectivity index (χ4n) is 1.69. The van der Waals surface area contributed by atoms with E-state index in [0.29, 0.717) is 11.7 Å². The summed E-state index contributed by atoms with van der Waals surface area (Å²) in [5.74, 6) is 0.730. The van der Waals surface area contributed by atoms with Crippen LogP contribution in [-0.2, 0) is 7.05 Å². The van der Waals surface area contributed by atoms with Crippen LogP contribution >= 0.6 is 0 Å². The Kier molecular flexibility index (Phi) is 4.47. The highest BCUT2D eigenvalue weighted by atomic mass is 16.1. The van der Waals surface area contributed by atoms with E-state index in [-0.39, 0.29) is 5.78 Å². The molecule has 2 aromatic heterocycles. The molecule has 0 atom stereocenters. The summed E-state index contributed by atoms with van der Waals surface area (Å²) in [6, 6.07) is 4.26. The van der Waals surface area contributed by atoms with Crippen LogP contribution in [0.2, 0.25) is 0 Å². The highest BCUT2D eigenvalue weighted by Gasteiger charge is 2.07. The molecular formula is C15H19N5O. The molecule has 0 bridgehead atoms. The zero-order chi connectivity index (χ0) is 15.4. The fraction of sp³-hybridized carbons (Fsp3) is 0.333. The van der Waals surface area contributed by atoms with Crippen molar-refractivity contribution in [2.75, 3.05) is 11.9 Å². The molecule has 0 amide bonds. The monoisotopic (exact) mass is 285 g/mol. The third-order valence-electron chi connectivity index (χ3n) is 3.19. The predicted molar refractivity (Wildman–Crippen MR) is 82.1 cm³/mol. The highest BCUT2D eigenvalue weighted by molar-refractivity contribution is 6.05. The van der Waals surface area contributed by atoms with Crippen LogP contribution in [0.5, 0.6) is 0 Å². The van der Waals surface area contributed by atoms with Crippen molar-refractivity contribution in [2.45, 2.75) is 19.9 Å². The van der Waals surface area contributed by atoms with Gasteiger partial charge in [0.15, 0.2) is 5.69 Å². The Morgan fingerprint density at radius 3 is 2.62 bits per heavy atom. The third kappa shape index (κ3) is 3.75. The van der Waals surface area contributed by atoms with Crippen LogP contribution in [0.1, 0.15) is 29.9 Å². The number of carbonyl (C=O) groups excluding carboxylic acids is 1. The summed E-state index contributed by atoms with van der Waals surface area (Å²) in [6.45, 7) is 4.21. The Labute approximate surface area is 124 Å². The van der Waals surface area contributed by atoms with Crippen molar-refractivity contribution in [1.29, 1.82) is 0 Å². The largest absolute Gasteiger partial charge is 0.357 e. The maximum Gasteiger partial charge on any atom is 0.207 e. The van der Waals surface area contributed by atoms with Gasteiger partial charge in [-0.15, -0.1) is 0 Å². The van der Waals surface area contributed by atoms with E-state index >= 15 is 0 Å². The Bertz CT molecular complexity index is 642. The minimum atomic E-state index is -0.175. The number of allylic oxidation sites excluding steroid dienone is 1. The first kappa shape index (κ1) is 14.9. The number of aromatic nitrogens is 4. The van der Waals surface area contributed by atoms with Crippen LogP contribution in [0.25, 0.3) is 6.08 Å². The minimum Gasteiger partial charge on any atom is -0.357 e. The first-order chi connectivity index (χ1) is 9.97. The quantitative estimate of drug-likeness (QED) is 0.620. The summed E-state index contributed by atoms with van der Waals surface area (Å²) in [7, 11) is 3.68. The van der Waals surface area contributed by atoms with Crippen molar-refractivity contribution in [2.24, 2.45) is 7.05 Å². The average molecular weight is 285 g/mol. The number of hydrogen-bond acceptors (Lipinski definition) is 5. The second-order valence-electron chi connectivity index (χ2n) is 5.07. The molecule has 0 radical (unpaired) electrons. The van der Waals surface area contributed by atoms with Crippen molar-refractivity contribution < 1.29 is 4.79 Å². The van der Waals surface area contributed by atoms with Gasteiger partial charge < -0.3 is 4.90 Å². The van der Waals surface area contributed by atoms with Gasteiger partial charge in [0, 0.05) is 26.3 Å². The van der Waals surface area contributed by atoms with Crippen LogP contribution in [0.3, 0.4) is 0 Å². The van der Waals surface area contributed by atoms with Crippen molar-refractivity contribution in [3.8, 4) is 0 Å². The molecule has 0 saturated carbocycles.